The summed E-state index contributed by atoms with van der Waals surface area (Å²) < 4.78 is 248. The first-order valence-corrected chi connectivity index (χ1v) is 39.7. The molecule has 0 saturated heterocycles. The van der Waals surface area contributed by atoms with Crippen molar-refractivity contribution < 1.29 is 132 Å². The largest absolute Gasteiger partial charge is 0.481 e. The first-order valence-electron chi connectivity index (χ1n) is 32.4. The van der Waals surface area contributed by atoms with E-state index in [0.29, 0.717) is 132 Å². The van der Waals surface area contributed by atoms with E-state index in [1.165, 1.54) is 18.2 Å². The van der Waals surface area contributed by atoms with Crippen molar-refractivity contribution >= 4 is 89.5 Å². The van der Waals surface area contributed by atoms with Crippen LogP contribution in [0.25, 0.3) is 21.5 Å². The SMILES string of the molecule is COCCOCCOCCOCCOCCOCCC1(C)/C(=C\C=C\C2N(CCCS(=O)(=O)O)c3ccc4c(S(=O)(=O)O)cc(S(=O)(=O)O)cc4c3C2(C)CCOCCOCCOCCOCCOCCOC)N(CCCCCC(=O)O)c2ccc3c(S(=O)(=O)O)cc(S(=O)(=O)O)cc3c21. The lowest BCUT2D eigenvalue weighted by Crippen LogP contribution is -2.43. The number of methoxy groups -OCH3 is 2. The monoisotopic (exact) mass is 1510 g/mol. The average molecular weight is 1520 g/mol. The van der Waals surface area contributed by atoms with Crippen LogP contribution in [0.2, 0.25) is 0 Å². The topological polar surface area (TPSA) is 426 Å². The molecule has 6 N–H and O–H groups in total. The Morgan fingerprint density at radius 1 is 0.460 bits per heavy atom. The van der Waals surface area contributed by atoms with Crippen molar-refractivity contribution in [3.63, 3.8) is 0 Å². The maximum absolute atomic E-state index is 13.2. The van der Waals surface area contributed by atoms with E-state index in [9.17, 15) is 74.8 Å². The molecule has 0 radical (unpaired) electrons. The van der Waals surface area contributed by atoms with Crippen molar-refractivity contribution in [3.8, 4) is 0 Å². The zero-order valence-electron chi connectivity index (χ0n) is 56.6. The smallest absolute Gasteiger partial charge is 0.303 e. The fourth-order valence-electron chi connectivity index (χ4n) is 12.1. The van der Waals surface area contributed by atoms with Crippen LogP contribution >= 0.6 is 0 Å². The van der Waals surface area contributed by atoms with Gasteiger partial charge in [-0.1, -0.05) is 37.6 Å². The van der Waals surface area contributed by atoms with E-state index in [-0.39, 0.29) is 133 Å². The molecule has 2 aliphatic heterocycles. The number of anilines is 2. The third-order valence-electron chi connectivity index (χ3n) is 16.8. The zero-order valence-corrected chi connectivity index (χ0v) is 60.6. The van der Waals surface area contributed by atoms with Gasteiger partial charge in [-0.05, 0) is 103 Å². The number of aliphatic carboxylic acids is 1. The summed E-state index contributed by atoms with van der Waals surface area (Å²) in [6.45, 7) is 9.58. The van der Waals surface area contributed by atoms with Crippen LogP contribution in [0.4, 0.5) is 11.4 Å². The molecule has 0 aliphatic carbocycles. The van der Waals surface area contributed by atoms with Crippen molar-refractivity contribution in [2.75, 3.05) is 188 Å². The maximum Gasteiger partial charge on any atom is 0.303 e. The predicted molar refractivity (Wildman–Crippen MR) is 366 cm³/mol. The van der Waals surface area contributed by atoms with Gasteiger partial charge in [0.2, 0.25) is 0 Å². The molecule has 2 heterocycles. The van der Waals surface area contributed by atoms with Gasteiger partial charge in [-0.25, -0.2) is 0 Å². The molecule has 0 saturated carbocycles. The number of carboxylic acids is 1. The van der Waals surface area contributed by atoms with Crippen molar-refractivity contribution in [1.29, 1.82) is 0 Å². The molecule has 4 aromatic rings. The van der Waals surface area contributed by atoms with Gasteiger partial charge in [0.25, 0.3) is 50.6 Å². The Balaban J connectivity index is 1.41. The minimum atomic E-state index is -5.21. The Morgan fingerprint density at radius 3 is 1.26 bits per heavy atom. The van der Waals surface area contributed by atoms with Crippen LogP contribution in [0.5, 0.6) is 0 Å². The average Bonchev–Trinajstić information content (AvgIpc) is 1.48. The van der Waals surface area contributed by atoms with Crippen LogP contribution in [0.3, 0.4) is 0 Å². The minimum Gasteiger partial charge on any atom is -0.481 e. The molecule has 0 spiro atoms. The van der Waals surface area contributed by atoms with Gasteiger partial charge in [0.1, 0.15) is 9.79 Å². The molecular weight excluding hydrogens is 1420 g/mol. The van der Waals surface area contributed by atoms with Gasteiger partial charge in [-0.2, -0.15) is 42.1 Å². The van der Waals surface area contributed by atoms with E-state index in [0.717, 1.165) is 12.1 Å². The summed E-state index contributed by atoms with van der Waals surface area (Å²) in [6.07, 6.45) is 6.04. The Bertz CT molecular complexity index is 3970. The predicted octanol–water partition coefficient (Wildman–Crippen LogP) is 5.81. The standard InChI is InChI=1S/C64H94N2O29S5/c1-63(17-21-86-27-29-90-35-37-94-41-39-92-33-31-88-25-23-84-3)58(65(19-7-5-6-12-60(67)68)54-15-13-50-52(61(54)63)44-48(97(72,73)74)46-56(50)99(78,79)80)10-8-11-59-64(2,18-22-87-28-30-91-36-38-95-42-40-93-34-32-89-26-24-85-4)62-53-45-49(98(75,76)77)47-57(100(81,82)83)51(53)14-16-55(62)66(59)20-9-43-96(69,70)71/h8,10-11,13-16,44-47,59H,5-7,9,12,17-43H2,1-4H3,(H,67,68)(H,69,70,71)(H,72,73,74)(H,75,76,77)(H,78,79,80)(H,81,82,83)/b11-8+,58-10+. The Hall–Kier alpha value is -4.98. The highest BCUT2D eigenvalue weighted by Crippen LogP contribution is 2.55. The highest BCUT2D eigenvalue weighted by atomic mass is 32.2. The van der Waals surface area contributed by atoms with E-state index in [4.69, 9.17) is 56.8 Å². The summed E-state index contributed by atoms with van der Waals surface area (Å²) >= 11 is 0. The fourth-order valence-corrected chi connectivity index (χ4v) is 15.3. The van der Waals surface area contributed by atoms with E-state index >= 15 is 0 Å². The Labute approximate surface area is 584 Å². The molecule has 3 unspecified atom stereocenters. The molecule has 0 aromatic heterocycles. The number of unbranched alkanes of at least 4 members (excludes halogenated alkanes) is 2. The summed E-state index contributed by atoms with van der Waals surface area (Å²) in [5.41, 5.74) is -0.740. The lowest BCUT2D eigenvalue weighted by molar-refractivity contribution is -0.137. The van der Waals surface area contributed by atoms with E-state index in [2.05, 4.69) is 0 Å². The van der Waals surface area contributed by atoms with Crippen LogP contribution < -0.4 is 9.80 Å². The molecule has 0 fully saturated rings. The van der Waals surface area contributed by atoms with Gasteiger partial charge in [-0.15, -0.1) is 0 Å². The second kappa shape index (κ2) is 39.8. The van der Waals surface area contributed by atoms with Crippen molar-refractivity contribution in [1.82, 2.24) is 0 Å². The number of fused-ring (bicyclic) bond motifs is 6. The minimum absolute atomic E-state index is 0.00980. The summed E-state index contributed by atoms with van der Waals surface area (Å²) in [4.78, 5) is 11.9. The van der Waals surface area contributed by atoms with Gasteiger partial charge >= 0.3 is 5.97 Å². The van der Waals surface area contributed by atoms with Gasteiger partial charge in [0.15, 0.2) is 0 Å². The summed E-state index contributed by atoms with van der Waals surface area (Å²) in [5.74, 6) is -1.73. The first-order chi connectivity index (χ1) is 47.4. The van der Waals surface area contributed by atoms with E-state index < -0.39 is 98.8 Å². The molecule has 2 aliphatic rings. The van der Waals surface area contributed by atoms with E-state index in [1.54, 1.807) is 57.3 Å². The molecule has 3 atom stereocenters. The fraction of sp³-hybridized carbons (Fsp3) is 0.609. The first kappa shape index (κ1) is 84.0. The normalized spacial score (nSPS) is 18.0. The summed E-state index contributed by atoms with van der Waals surface area (Å²) in [7, 11) is -22.1. The Morgan fingerprint density at radius 2 is 0.860 bits per heavy atom. The number of carbonyl (C=O) groups is 1. The number of rotatable bonds is 52. The molecule has 100 heavy (non-hydrogen) atoms. The number of carboxylic acid groups (broad SMARTS) is 1. The highest BCUT2D eigenvalue weighted by molar-refractivity contribution is 7.87. The molecule has 0 bridgehead atoms. The Kier molecular flexibility index (Phi) is 33.4. The van der Waals surface area contributed by atoms with Crippen LogP contribution in [-0.2, 0) is 123 Å². The third kappa shape index (κ3) is 24.9. The number of hydrogen-bond acceptors (Lipinski definition) is 25. The van der Waals surface area contributed by atoms with Crippen molar-refractivity contribution in [2.24, 2.45) is 0 Å². The quantitative estimate of drug-likeness (QED) is 0.0224. The molecule has 4 aromatic carbocycles. The zero-order chi connectivity index (χ0) is 73.2. The van der Waals surface area contributed by atoms with Gasteiger partial charge in [0.05, 0.1) is 154 Å². The summed E-state index contributed by atoms with van der Waals surface area (Å²) in [5, 5.41) is 9.26. The molecule has 31 nitrogen and oxygen atoms in total. The van der Waals surface area contributed by atoms with Gasteiger partial charge in [-0.3, -0.25) is 27.6 Å². The van der Waals surface area contributed by atoms with Crippen LogP contribution in [-0.4, -0.2) is 260 Å². The van der Waals surface area contributed by atoms with Crippen molar-refractivity contribution in [2.45, 2.75) is 95.2 Å². The molecule has 0 amide bonds. The number of ether oxygens (including phenoxy) is 12. The number of hydrogen-bond donors (Lipinski definition) is 6. The maximum atomic E-state index is 13.2. The molecule has 6 rings (SSSR count). The second-order valence-corrected chi connectivity index (χ2v) is 31.0. The summed E-state index contributed by atoms with van der Waals surface area (Å²) in [6, 6.07) is 8.33. The molecular formula is C64H94N2O29S5. The number of nitrogens with zero attached hydrogens (tertiary/aromatic N) is 2. The van der Waals surface area contributed by atoms with Crippen molar-refractivity contribution in [3.05, 3.63) is 83.6 Å². The van der Waals surface area contributed by atoms with Gasteiger partial charge in [0, 0.05) is 85.6 Å². The van der Waals surface area contributed by atoms with Gasteiger partial charge < -0.3 is 71.7 Å². The molecule has 36 heteroatoms. The number of allylic oxidation sites excluding steroid dienone is 3. The molecule has 564 valence electrons. The van der Waals surface area contributed by atoms with Crippen LogP contribution in [0, 0.1) is 0 Å². The lowest BCUT2D eigenvalue weighted by Gasteiger charge is -2.36. The second-order valence-electron chi connectivity index (χ2n) is 23.8. The highest BCUT2D eigenvalue weighted by Gasteiger charge is 2.49. The van der Waals surface area contributed by atoms with Crippen LogP contribution in [0.1, 0.15) is 69.9 Å². The number of benzene rings is 4. The third-order valence-corrected chi connectivity index (χ3v) is 21.0. The van der Waals surface area contributed by atoms with Crippen LogP contribution in [0.15, 0.2) is 92.0 Å². The lowest BCUT2D eigenvalue weighted by atomic mass is 9.74. The van der Waals surface area contributed by atoms with E-state index in [1.807, 2.05) is 4.90 Å².